The van der Waals surface area contributed by atoms with Crippen molar-refractivity contribution in [2.75, 3.05) is 26.3 Å². The lowest BCUT2D eigenvalue weighted by molar-refractivity contribution is -0.135. The predicted molar refractivity (Wildman–Crippen MR) is 73.2 cm³/mol. The third kappa shape index (κ3) is 4.58. The van der Waals surface area contributed by atoms with Crippen LogP contribution in [0, 0.1) is 11.3 Å². The van der Waals surface area contributed by atoms with Gasteiger partial charge in [-0.15, -0.1) is 0 Å². The van der Waals surface area contributed by atoms with E-state index in [-0.39, 0.29) is 17.4 Å². The summed E-state index contributed by atoms with van der Waals surface area (Å²) in [6.07, 6.45) is 1.38. The van der Waals surface area contributed by atoms with Crippen molar-refractivity contribution in [2.24, 2.45) is 17.1 Å². The third-order valence-corrected chi connectivity index (χ3v) is 3.58. The molecule has 0 aliphatic carbocycles. The van der Waals surface area contributed by atoms with E-state index in [1.165, 1.54) is 0 Å². The fourth-order valence-corrected chi connectivity index (χ4v) is 2.22. The number of hydrogen-bond acceptors (Lipinski definition) is 3. The molecule has 0 bridgehead atoms. The first-order valence-corrected chi connectivity index (χ1v) is 6.94. The molecule has 0 radical (unpaired) electrons. The maximum atomic E-state index is 12.0. The van der Waals surface area contributed by atoms with Gasteiger partial charge in [-0.3, -0.25) is 4.79 Å². The molecular formula is C14H28N2O2. The highest BCUT2D eigenvalue weighted by Crippen LogP contribution is 2.27. The molecule has 106 valence electrons. The zero-order valence-electron chi connectivity index (χ0n) is 12.2. The summed E-state index contributed by atoms with van der Waals surface area (Å²) < 4.78 is 5.46. The van der Waals surface area contributed by atoms with Crippen molar-refractivity contribution in [3.05, 3.63) is 0 Å². The molecule has 1 amide bonds. The molecule has 1 atom stereocenters. The molecule has 1 rings (SSSR count). The quantitative estimate of drug-likeness (QED) is 0.761. The Morgan fingerprint density at radius 1 is 1.50 bits per heavy atom. The molecule has 1 heterocycles. The smallest absolute Gasteiger partial charge is 0.224 e. The number of ether oxygens (including phenoxy) is 1. The molecule has 1 aliphatic heterocycles. The molecule has 0 aromatic heterocycles. The standard InChI is InChI=1S/C14H28N2O2/c1-11(2)9-18-8-6-13(17)16-7-5-12(15)14(3,4)10-16/h11-12H,5-10,15H2,1-4H3. The van der Waals surface area contributed by atoms with Crippen LogP contribution in [0.5, 0.6) is 0 Å². The van der Waals surface area contributed by atoms with E-state index < -0.39 is 0 Å². The lowest BCUT2D eigenvalue weighted by Gasteiger charge is -2.42. The van der Waals surface area contributed by atoms with Crippen molar-refractivity contribution in [3.8, 4) is 0 Å². The Morgan fingerprint density at radius 3 is 2.72 bits per heavy atom. The molecule has 0 aromatic carbocycles. The van der Waals surface area contributed by atoms with Gasteiger partial charge in [0.15, 0.2) is 0 Å². The Balaban J connectivity index is 2.30. The lowest BCUT2D eigenvalue weighted by atomic mass is 9.79. The molecule has 18 heavy (non-hydrogen) atoms. The van der Waals surface area contributed by atoms with Gasteiger partial charge in [-0.1, -0.05) is 27.7 Å². The Labute approximate surface area is 111 Å². The van der Waals surface area contributed by atoms with Crippen LogP contribution in [0.3, 0.4) is 0 Å². The number of rotatable bonds is 5. The summed E-state index contributed by atoms with van der Waals surface area (Å²) in [6.45, 7) is 11.3. The van der Waals surface area contributed by atoms with E-state index in [0.29, 0.717) is 18.9 Å². The number of likely N-dealkylation sites (tertiary alicyclic amines) is 1. The summed E-state index contributed by atoms with van der Waals surface area (Å²) in [5.41, 5.74) is 6.09. The van der Waals surface area contributed by atoms with Gasteiger partial charge in [-0.05, 0) is 17.8 Å². The number of nitrogens with zero attached hydrogens (tertiary/aromatic N) is 1. The van der Waals surface area contributed by atoms with Gasteiger partial charge in [0.1, 0.15) is 0 Å². The van der Waals surface area contributed by atoms with E-state index in [4.69, 9.17) is 10.5 Å². The molecule has 1 aliphatic rings. The van der Waals surface area contributed by atoms with Gasteiger partial charge in [0.25, 0.3) is 0 Å². The van der Waals surface area contributed by atoms with E-state index in [1.54, 1.807) is 0 Å². The van der Waals surface area contributed by atoms with Gasteiger partial charge in [-0.25, -0.2) is 0 Å². The molecule has 4 nitrogen and oxygen atoms in total. The van der Waals surface area contributed by atoms with Crippen LogP contribution < -0.4 is 5.73 Å². The summed E-state index contributed by atoms with van der Waals surface area (Å²) in [4.78, 5) is 14.0. The first-order valence-electron chi connectivity index (χ1n) is 6.94. The van der Waals surface area contributed by atoms with E-state index in [9.17, 15) is 4.79 Å². The van der Waals surface area contributed by atoms with Crippen LogP contribution in [0.2, 0.25) is 0 Å². The normalized spacial score (nSPS) is 23.4. The summed E-state index contributed by atoms with van der Waals surface area (Å²) in [7, 11) is 0. The second-order valence-corrected chi connectivity index (χ2v) is 6.42. The highest BCUT2D eigenvalue weighted by Gasteiger charge is 2.34. The Bertz CT molecular complexity index is 277. The first-order chi connectivity index (χ1) is 8.33. The maximum Gasteiger partial charge on any atom is 0.224 e. The number of amides is 1. The third-order valence-electron chi connectivity index (χ3n) is 3.58. The molecule has 0 aromatic rings. The van der Waals surface area contributed by atoms with Crippen LogP contribution in [0.4, 0.5) is 0 Å². The van der Waals surface area contributed by atoms with Crippen molar-refractivity contribution < 1.29 is 9.53 Å². The Kier molecular flexibility index (Phi) is 5.60. The van der Waals surface area contributed by atoms with Crippen LogP contribution in [-0.2, 0) is 9.53 Å². The fraction of sp³-hybridized carbons (Fsp3) is 0.929. The van der Waals surface area contributed by atoms with E-state index in [2.05, 4.69) is 27.7 Å². The summed E-state index contributed by atoms with van der Waals surface area (Å²) >= 11 is 0. The van der Waals surface area contributed by atoms with Gasteiger partial charge in [0, 0.05) is 25.7 Å². The highest BCUT2D eigenvalue weighted by atomic mass is 16.5. The summed E-state index contributed by atoms with van der Waals surface area (Å²) in [5.74, 6) is 0.714. The van der Waals surface area contributed by atoms with Gasteiger partial charge < -0.3 is 15.4 Å². The van der Waals surface area contributed by atoms with Gasteiger partial charge in [0.05, 0.1) is 13.0 Å². The van der Waals surface area contributed by atoms with Gasteiger partial charge in [0.2, 0.25) is 5.91 Å². The van der Waals surface area contributed by atoms with Crippen LogP contribution >= 0.6 is 0 Å². The molecule has 0 spiro atoms. The average Bonchev–Trinajstić information content (AvgIpc) is 2.27. The summed E-state index contributed by atoms with van der Waals surface area (Å²) in [6, 6.07) is 0.193. The Morgan fingerprint density at radius 2 is 2.17 bits per heavy atom. The summed E-state index contributed by atoms with van der Waals surface area (Å²) in [5, 5.41) is 0. The van der Waals surface area contributed by atoms with E-state index in [1.807, 2.05) is 4.90 Å². The largest absolute Gasteiger partial charge is 0.381 e. The molecular weight excluding hydrogens is 228 g/mol. The molecule has 4 heteroatoms. The second kappa shape index (κ2) is 6.53. The lowest BCUT2D eigenvalue weighted by Crippen LogP contribution is -2.54. The molecule has 1 unspecified atom stereocenters. The number of nitrogens with two attached hydrogens (primary N) is 1. The number of carbonyl (C=O) groups is 1. The van der Waals surface area contributed by atoms with Gasteiger partial charge >= 0.3 is 0 Å². The molecule has 1 saturated heterocycles. The monoisotopic (exact) mass is 256 g/mol. The van der Waals surface area contributed by atoms with E-state index in [0.717, 1.165) is 26.1 Å². The molecule has 0 saturated carbocycles. The predicted octanol–water partition coefficient (Wildman–Crippen LogP) is 1.63. The highest BCUT2D eigenvalue weighted by molar-refractivity contribution is 5.76. The first kappa shape index (κ1) is 15.4. The van der Waals surface area contributed by atoms with Crippen molar-refractivity contribution in [1.29, 1.82) is 0 Å². The van der Waals surface area contributed by atoms with Crippen molar-refractivity contribution >= 4 is 5.91 Å². The zero-order chi connectivity index (χ0) is 13.8. The number of hydrogen-bond donors (Lipinski definition) is 1. The SMILES string of the molecule is CC(C)COCCC(=O)N1CCC(N)C(C)(C)C1. The maximum absolute atomic E-state index is 12.0. The molecule has 2 N–H and O–H groups in total. The average molecular weight is 256 g/mol. The minimum atomic E-state index is 0.0205. The number of carbonyl (C=O) groups excluding carboxylic acids is 1. The van der Waals surface area contributed by atoms with Crippen molar-refractivity contribution in [1.82, 2.24) is 4.90 Å². The van der Waals surface area contributed by atoms with Crippen LogP contribution in [0.25, 0.3) is 0 Å². The van der Waals surface area contributed by atoms with Crippen LogP contribution in [0.15, 0.2) is 0 Å². The van der Waals surface area contributed by atoms with Crippen molar-refractivity contribution in [2.45, 2.75) is 46.6 Å². The minimum Gasteiger partial charge on any atom is -0.381 e. The van der Waals surface area contributed by atoms with Crippen LogP contribution in [0.1, 0.15) is 40.5 Å². The van der Waals surface area contributed by atoms with Crippen molar-refractivity contribution in [3.63, 3.8) is 0 Å². The Hall–Kier alpha value is -0.610. The van der Waals surface area contributed by atoms with Crippen LogP contribution in [-0.4, -0.2) is 43.2 Å². The topological polar surface area (TPSA) is 55.6 Å². The minimum absolute atomic E-state index is 0.0205. The van der Waals surface area contributed by atoms with E-state index >= 15 is 0 Å². The molecule has 1 fully saturated rings. The zero-order valence-corrected chi connectivity index (χ0v) is 12.2. The second-order valence-electron chi connectivity index (χ2n) is 6.42. The number of piperidine rings is 1. The van der Waals surface area contributed by atoms with Gasteiger partial charge in [-0.2, -0.15) is 0 Å². The fourth-order valence-electron chi connectivity index (χ4n) is 2.22.